The molecule has 1 aromatic rings. The summed E-state index contributed by atoms with van der Waals surface area (Å²) in [5, 5.41) is 0. The highest BCUT2D eigenvalue weighted by atomic mass is 16.5. The number of quaternary nitrogens is 1. The van der Waals surface area contributed by atoms with E-state index in [9.17, 15) is 0 Å². The summed E-state index contributed by atoms with van der Waals surface area (Å²) in [6.45, 7) is 9.98. The normalized spacial score (nSPS) is 18.6. The van der Waals surface area contributed by atoms with E-state index >= 15 is 0 Å². The topological polar surface area (TPSA) is 18.5 Å². The van der Waals surface area contributed by atoms with Gasteiger partial charge in [-0.1, -0.05) is 18.2 Å². The van der Waals surface area contributed by atoms with Crippen LogP contribution in [0.3, 0.4) is 0 Å². The monoisotopic (exact) mass is 250 g/mol. The molecular weight excluding hydrogens is 226 g/mol. The van der Waals surface area contributed by atoms with Crippen molar-refractivity contribution in [1.82, 2.24) is 0 Å². The summed E-state index contributed by atoms with van der Waals surface area (Å²) < 4.78 is 12.5. The number of hydrogen-bond donors (Lipinski definition) is 0. The molecule has 3 heteroatoms. The highest BCUT2D eigenvalue weighted by Gasteiger charge is 2.24. The Kier molecular flexibility index (Phi) is 4.25. The van der Waals surface area contributed by atoms with E-state index in [2.05, 4.69) is 39.1 Å². The standard InChI is InChI=1S/C15H24NO2/c1-13-5-4-6-14(2)15(13)18-12-9-16(3)7-10-17-11-8-16/h4-6H,7-12H2,1-3H3/q+1. The number of benzene rings is 1. The number of aryl methyl sites for hydroxylation is 2. The van der Waals surface area contributed by atoms with Crippen molar-refractivity contribution in [3.8, 4) is 5.75 Å². The molecule has 1 fully saturated rings. The lowest BCUT2D eigenvalue weighted by Crippen LogP contribution is -2.53. The first-order chi connectivity index (χ1) is 8.61. The Morgan fingerprint density at radius 1 is 1.17 bits per heavy atom. The molecule has 0 atom stereocenters. The lowest BCUT2D eigenvalue weighted by molar-refractivity contribution is -0.916. The van der Waals surface area contributed by atoms with Crippen molar-refractivity contribution in [2.45, 2.75) is 13.8 Å². The molecule has 1 aliphatic heterocycles. The number of likely N-dealkylation sites (N-methyl/N-ethyl adjacent to an activating group) is 1. The molecule has 0 radical (unpaired) electrons. The molecule has 1 aliphatic rings. The van der Waals surface area contributed by atoms with E-state index in [1.807, 2.05) is 0 Å². The fraction of sp³-hybridized carbons (Fsp3) is 0.600. The second-order valence-electron chi connectivity index (χ2n) is 5.47. The number of nitrogens with zero attached hydrogens (tertiary/aromatic N) is 1. The van der Waals surface area contributed by atoms with Gasteiger partial charge >= 0.3 is 0 Å². The van der Waals surface area contributed by atoms with E-state index in [1.165, 1.54) is 11.1 Å². The van der Waals surface area contributed by atoms with Crippen LogP contribution in [-0.2, 0) is 4.74 Å². The molecule has 1 aromatic carbocycles. The van der Waals surface area contributed by atoms with Crippen LogP contribution in [0.4, 0.5) is 0 Å². The third kappa shape index (κ3) is 3.24. The lowest BCUT2D eigenvalue weighted by atomic mass is 10.1. The second-order valence-corrected chi connectivity index (χ2v) is 5.47. The van der Waals surface area contributed by atoms with Gasteiger partial charge in [0, 0.05) is 0 Å². The predicted octanol–water partition coefficient (Wildman–Crippen LogP) is 2.16. The molecule has 1 heterocycles. The van der Waals surface area contributed by atoms with Crippen molar-refractivity contribution in [3.63, 3.8) is 0 Å². The van der Waals surface area contributed by atoms with Crippen LogP contribution in [0, 0.1) is 13.8 Å². The molecule has 0 bridgehead atoms. The number of para-hydroxylation sites is 1. The molecule has 0 saturated carbocycles. The maximum Gasteiger partial charge on any atom is 0.137 e. The van der Waals surface area contributed by atoms with E-state index < -0.39 is 0 Å². The summed E-state index contributed by atoms with van der Waals surface area (Å²) in [6.07, 6.45) is 0. The molecule has 18 heavy (non-hydrogen) atoms. The fourth-order valence-corrected chi connectivity index (χ4v) is 2.40. The average Bonchev–Trinajstić information content (AvgIpc) is 2.34. The zero-order valence-corrected chi connectivity index (χ0v) is 11.7. The van der Waals surface area contributed by atoms with E-state index in [0.717, 1.165) is 49.7 Å². The van der Waals surface area contributed by atoms with Crippen LogP contribution < -0.4 is 4.74 Å². The van der Waals surface area contributed by atoms with Gasteiger partial charge in [0.25, 0.3) is 0 Å². The lowest BCUT2D eigenvalue weighted by Gasteiger charge is -2.37. The Bertz CT molecular complexity index is 377. The minimum atomic E-state index is 0.780. The fourth-order valence-electron chi connectivity index (χ4n) is 2.40. The first-order valence-electron chi connectivity index (χ1n) is 6.71. The molecule has 0 spiro atoms. The Labute approximate surface area is 110 Å². The third-order valence-corrected chi connectivity index (χ3v) is 3.84. The summed E-state index contributed by atoms with van der Waals surface area (Å²) in [6, 6.07) is 6.29. The van der Waals surface area contributed by atoms with Crippen LogP contribution in [-0.4, -0.2) is 51.0 Å². The van der Waals surface area contributed by atoms with Crippen molar-refractivity contribution in [2.24, 2.45) is 0 Å². The number of morpholine rings is 1. The summed E-state index contributed by atoms with van der Waals surface area (Å²) in [4.78, 5) is 0. The maximum absolute atomic E-state index is 5.98. The zero-order valence-electron chi connectivity index (χ0n) is 11.7. The van der Waals surface area contributed by atoms with Crippen LogP contribution >= 0.6 is 0 Å². The summed E-state index contributed by atoms with van der Waals surface area (Å²) in [5.41, 5.74) is 2.44. The van der Waals surface area contributed by atoms with Gasteiger partial charge in [-0.25, -0.2) is 0 Å². The van der Waals surface area contributed by atoms with Crippen LogP contribution in [0.2, 0.25) is 0 Å². The minimum Gasteiger partial charge on any atom is -0.487 e. The Hall–Kier alpha value is -1.06. The van der Waals surface area contributed by atoms with E-state index in [4.69, 9.17) is 9.47 Å². The molecule has 0 aromatic heterocycles. The minimum absolute atomic E-state index is 0.780. The Morgan fingerprint density at radius 2 is 1.78 bits per heavy atom. The molecule has 0 amide bonds. The number of ether oxygens (including phenoxy) is 2. The van der Waals surface area contributed by atoms with Crippen molar-refractivity contribution in [1.29, 1.82) is 0 Å². The van der Waals surface area contributed by atoms with Crippen LogP contribution in [0.15, 0.2) is 18.2 Å². The van der Waals surface area contributed by atoms with Gasteiger partial charge in [0.05, 0.1) is 20.3 Å². The summed E-state index contributed by atoms with van der Waals surface area (Å²) in [7, 11) is 2.29. The molecule has 0 aliphatic carbocycles. The van der Waals surface area contributed by atoms with E-state index in [0.29, 0.717) is 0 Å². The third-order valence-electron chi connectivity index (χ3n) is 3.84. The van der Waals surface area contributed by atoms with Gasteiger partial charge in [-0.05, 0) is 25.0 Å². The van der Waals surface area contributed by atoms with Crippen molar-refractivity contribution in [2.75, 3.05) is 46.5 Å². The van der Waals surface area contributed by atoms with Gasteiger partial charge in [0.1, 0.15) is 32.0 Å². The molecule has 0 N–H and O–H groups in total. The van der Waals surface area contributed by atoms with Crippen molar-refractivity contribution in [3.05, 3.63) is 29.3 Å². The van der Waals surface area contributed by atoms with Crippen LogP contribution in [0.5, 0.6) is 5.75 Å². The molecule has 2 rings (SSSR count). The highest BCUT2D eigenvalue weighted by Crippen LogP contribution is 2.22. The zero-order chi connectivity index (χ0) is 13.0. The first-order valence-corrected chi connectivity index (χ1v) is 6.71. The van der Waals surface area contributed by atoms with Gasteiger partial charge in [0.15, 0.2) is 0 Å². The summed E-state index contributed by atoms with van der Waals surface area (Å²) in [5.74, 6) is 1.05. The van der Waals surface area contributed by atoms with Crippen LogP contribution in [0.1, 0.15) is 11.1 Å². The van der Waals surface area contributed by atoms with Gasteiger partial charge in [-0.15, -0.1) is 0 Å². The van der Waals surface area contributed by atoms with Crippen LogP contribution in [0.25, 0.3) is 0 Å². The van der Waals surface area contributed by atoms with E-state index in [-0.39, 0.29) is 0 Å². The molecular formula is C15H24NO2+. The smallest absolute Gasteiger partial charge is 0.137 e. The second kappa shape index (κ2) is 5.72. The van der Waals surface area contributed by atoms with Gasteiger partial charge in [-0.2, -0.15) is 0 Å². The molecule has 0 unspecified atom stereocenters. The molecule has 1 saturated heterocycles. The van der Waals surface area contributed by atoms with Crippen molar-refractivity contribution >= 4 is 0 Å². The largest absolute Gasteiger partial charge is 0.487 e. The molecule has 100 valence electrons. The highest BCUT2D eigenvalue weighted by molar-refractivity contribution is 5.39. The predicted molar refractivity (Wildman–Crippen MR) is 73.0 cm³/mol. The quantitative estimate of drug-likeness (QED) is 0.762. The van der Waals surface area contributed by atoms with Gasteiger partial charge < -0.3 is 14.0 Å². The molecule has 3 nitrogen and oxygen atoms in total. The van der Waals surface area contributed by atoms with Crippen molar-refractivity contribution < 1.29 is 14.0 Å². The Balaban J connectivity index is 1.88. The van der Waals surface area contributed by atoms with Gasteiger partial charge in [0.2, 0.25) is 0 Å². The average molecular weight is 250 g/mol. The maximum atomic E-state index is 5.98. The first kappa shape index (κ1) is 13.4. The summed E-state index contributed by atoms with van der Waals surface area (Å²) >= 11 is 0. The number of rotatable bonds is 4. The van der Waals surface area contributed by atoms with E-state index in [1.54, 1.807) is 0 Å². The SMILES string of the molecule is Cc1cccc(C)c1OCC[N+]1(C)CCOCC1. The number of hydrogen-bond acceptors (Lipinski definition) is 2. The van der Waals surface area contributed by atoms with Gasteiger partial charge in [-0.3, -0.25) is 0 Å². The Morgan fingerprint density at radius 3 is 2.39 bits per heavy atom.